The summed E-state index contributed by atoms with van der Waals surface area (Å²) in [6, 6.07) is 10.8. The lowest BCUT2D eigenvalue weighted by Crippen LogP contribution is -2.50. The largest absolute Gasteiger partial charge is 0.482 e. The molecule has 2 aliphatic heterocycles. The molecule has 2 aromatic rings. The molecule has 214 valence electrons. The van der Waals surface area contributed by atoms with Crippen LogP contribution in [0.1, 0.15) is 35.3 Å². The molecule has 12 heteroatoms. The van der Waals surface area contributed by atoms with Gasteiger partial charge in [0.15, 0.2) is 0 Å². The number of allylic oxidation sites excluding steroid dienone is 1. The van der Waals surface area contributed by atoms with Crippen LogP contribution in [0.2, 0.25) is 0 Å². The minimum absolute atomic E-state index is 0.208. The van der Waals surface area contributed by atoms with E-state index in [2.05, 4.69) is 5.32 Å². The number of carbonyl (C=O) groups is 2. The molecule has 0 aliphatic carbocycles. The van der Waals surface area contributed by atoms with Crippen LogP contribution in [0.5, 0.6) is 0 Å². The topological polar surface area (TPSA) is 149 Å². The molecule has 0 unspecified atom stereocenters. The molecule has 0 bridgehead atoms. The van der Waals surface area contributed by atoms with E-state index >= 15 is 0 Å². The van der Waals surface area contributed by atoms with Gasteiger partial charge in [-0.25, -0.2) is 4.39 Å². The SMILES string of the molecule is CN(C[C@H](O)[C@@H](OI)[C@@H](O)[C@H](O)CO)C(=O)c1ccc(C2=C/C(=C3\C(=O)Nc4cc(F)ccc43)OC2(C)C)cc1. The predicted molar refractivity (Wildman–Crippen MR) is 152 cm³/mol. The Hall–Kier alpha value is -2.88. The first-order chi connectivity index (χ1) is 18.9. The Kier molecular flexibility index (Phi) is 8.97. The first-order valence-corrected chi connectivity index (χ1v) is 13.3. The number of ether oxygens (including phenoxy) is 1. The van der Waals surface area contributed by atoms with E-state index in [1.54, 1.807) is 30.3 Å². The van der Waals surface area contributed by atoms with Crippen LogP contribution >= 0.6 is 23.0 Å². The molecule has 2 amide bonds. The maximum atomic E-state index is 13.6. The van der Waals surface area contributed by atoms with Gasteiger partial charge in [-0.05, 0) is 55.8 Å². The fraction of sp³-hybridized carbons (Fsp3) is 0.357. The Morgan fingerprint density at radius 1 is 1.15 bits per heavy atom. The monoisotopic (exact) mass is 668 g/mol. The number of halogens is 2. The van der Waals surface area contributed by atoms with E-state index in [9.17, 15) is 29.3 Å². The van der Waals surface area contributed by atoms with E-state index in [1.165, 1.54) is 53.2 Å². The zero-order valence-corrected chi connectivity index (χ0v) is 24.1. The fourth-order valence-corrected chi connectivity index (χ4v) is 5.39. The maximum Gasteiger partial charge on any atom is 0.260 e. The Morgan fingerprint density at radius 3 is 2.45 bits per heavy atom. The van der Waals surface area contributed by atoms with E-state index in [1.807, 2.05) is 13.8 Å². The van der Waals surface area contributed by atoms with Gasteiger partial charge in [-0.2, -0.15) is 0 Å². The molecule has 0 fully saturated rings. The van der Waals surface area contributed by atoms with E-state index in [0.717, 1.165) is 11.1 Å². The van der Waals surface area contributed by atoms with Crippen LogP contribution in [0.25, 0.3) is 11.1 Å². The Bertz CT molecular complexity index is 1360. The highest BCUT2D eigenvalue weighted by Crippen LogP contribution is 2.44. The van der Waals surface area contributed by atoms with E-state index in [0.29, 0.717) is 28.1 Å². The third kappa shape index (κ3) is 5.92. The lowest BCUT2D eigenvalue weighted by Gasteiger charge is -2.30. The smallest absolute Gasteiger partial charge is 0.260 e. The van der Waals surface area contributed by atoms with Gasteiger partial charge in [-0.15, -0.1) is 0 Å². The van der Waals surface area contributed by atoms with Crippen molar-refractivity contribution in [1.29, 1.82) is 0 Å². The minimum atomic E-state index is -1.56. The van der Waals surface area contributed by atoms with Crippen molar-refractivity contribution in [2.45, 2.75) is 43.9 Å². The molecule has 5 N–H and O–H groups in total. The lowest BCUT2D eigenvalue weighted by atomic mass is 9.91. The number of hydrogen-bond acceptors (Lipinski definition) is 8. The van der Waals surface area contributed by atoms with Crippen molar-refractivity contribution < 1.29 is 42.2 Å². The van der Waals surface area contributed by atoms with Crippen molar-refractivity contribution in [2.24, 2.45) is 0 Å². The number of hydrogen-bond donors (Lipinski definition) is 5. The number of carbonyl (C=O) groups excluding carboxylic acids is 2. The number of aliphatic hydroxyl groups excluding tert-OH is 4. The van der Waals surface area contributed by atoms with Crippen LogP contribution < -0.4 is 5.32 Å². The summed E-state index contributed by atoms with van der Waals surface area (Å²) in [4.78, 5) is 27.0. The van der Waals surface area contributed by atoms with E-state index in [4.69, 9.17) is 12.9 Å². The van der Waals surface area contributed by atoms with Gasteiger partial charge in [-0.3, -0.25) is 9.59 Å². The van der Waals surface area contributed by atoms with Crippen molar-refractivity contribution in [3.63, 3.8) is 0 Å². The average Bonchev–Trinajstić information content (AvgIpc) is 3.41. The molecule has 2 aliphatic rings. The molecule has 10 nitrogen and oxygen atoms in total. The molecule has 0 radical (unpaired) electrons. The van der Waals surface area contributed by atoms with Crippen molar-refractivity contribution in [3.05, 3.63) is 76.8 Å². The Morgan fingerprint density at radius 2 is 1.82 bits per heavy atom. The number of fused-ring (bicyclic) bond motifs is 1. The minimum Gasteiger partial charge on any atom is -0.482 e. The summed E-state index contributed by atoms with van der Waals surface area (Å²) in [5.41, 5.74) is 2.32. The third-order valence-electron chi connectivity index (χ3n) is 6.91. The summed E-state index contributed by atoms with van der Waals surface area (Å²) in [6.07, 6.45) is -3.90. The summed E-state index contributed by atoms with van der Waals surface area (Å²) in [6.45, 7) is 2.78. The number of benzene rings is 2. The van der Waals surface area contributed by atoms with Crippen molar-refractivity contribution in [3.8, 4) is 0 Å². The van der Waals surface area contributed by atoms with E-state index in [-0.39, 0.29) is 12.5 Å². The summed E-state index contributed by atoms with van der Waals surface area (Å²) in [5, 5.41) is 42.0. The number of anilines is 1. The van der Waals surface area contributed by atoms with Crippen LogP contribution in [-0.4, -0.2) is 87.4 Å². The number of aliphatic hydroxyl groups is 4. The quantitative estimate of drug-likeness (QED) is 0.202. The zero-order chi connectivity index (χ0) is 29.4. The van der Waals surface area contributed by atoms with Gasteiger partial charge in [0.05, 0.1) is 17.9 Å². The van der Waals surface area contributed by atoms with Crippen LogP contribution in [0.3, 0.4) is 0 Å². The molecule has 4 rings (SSSR count). The normalized spacial score (nSPS) is 20.6. The van der Waals surface area contributed by atoms with Gasteiger partial charge in [0.25, 0.3) is 11.8 Å². The van der Waals surface area contributed by atoms with Crippen molar-refractivity contribution in [2.75, 3.05) is 25.5 Å². The summed E-state index contributed by atoms with van der Waals surface area (Å²) in [5.74, 6) is -0.888. The third-order valence-corrected chi connectivity index (χ3v) is 7.50. The van der Waals surface area contributed by atoms with Gasteiger partial charge in [0.1, 0.15) is 64.6 Å². The van der Waals surface area contributed by atoms with Gasteiger partial charge < -0.3 is 38.4 Å². The average molecular weight is 668 g/mol. The number of rotatable bonds is 9. The molecule has 2 aromatic carbocycles. The highest BCUT2D eigenvalue weighted by molar-refractivity contribution is 14.1. The molecule has 0 saturated carbocycles. The van der Waals surface area contributed by atoms with Gasteiger partial charge in [0, 0.05) is 30.3 Å². The molecule has 0 spiro atoms. The van der Waals surface area contributed by atoms with Crippen LogP contribution in [0.4, 0.5) is 10.1 Å². The standard InChI is InChI=1S/C28H30FIN2O8/c1-28(2)18(11-22(39-28)23-17-9-8-16(29)10-19(17)31-26(23)37)14-4-6-15(7-5-14)27(38)32(3)12-20(34)25(40-30)24(36)21(35)13-33/h4-11,20-21,24-25,33-36H,12-13H2,1-3H3,(H,31,37)/b23-22+/t20-,21+,24-,25+/m0/s1. The summed E-state index contributed by atoms with van der Waals surface area (Å²) < 4.78 is 24.9. The van der Waals surface area contributed by atoms with Crippen LogP contribution in [-0.2, 0) is 12.6 Å². The zero-order valence-electron chi connectivity index (χ0n) is 22.0. The number of nitrogens with one attached hydrogen (secondary N) is 1. The summed E-state index contributed by atoms with van der Waals surface area (Å²) in [7, 11) is 1.48. The molecule has 2 heterocycles. The second kappa shape index (κ2) is 11.9. The number of likely N-dealkylation sites (N-methyl/N-ethyl adjacent to an activating group) is 1. The molecule has 40 heavy (non-hydrogen) atoms. The number of nitrogens with zero attached hydrogens (tertiary/aromatic N) is 1. The predicted octanol–water partition coefficient (Wildman–Crippen LogP) is 2.26. The van der Waals surface area contributed by atoms with Crippen molar-refractivity contribution >= 4 is 51.7 Å². The Balaban J connectivity index is 1.53. The maximum absolute atomic E-state index is 13.6. The van der Waals surface area contributed by atoms with Gasteiger partial charge in [0.2, 0.25) is 0 Å². The molecule has 4 atom stereocenters. The molecule has 0 saturated heterocycles. The molecular weight excluding hydrogens is 638 g/mol. The van der Waals surface area contributed by atoms with Crippen LogP contribution in [0, 0.1) is 5.82 Å². The van der Waals surface area contributed by atoms with Crippen molar-refractivity contribution in [1.82, 2.24) is 4.90 Å². The summed E-state index contributed by atoms with van der Waals surface area (Å²) >= 11 is 1.47. The van der Waals surface area contributed by atoms with Gasteiger partial charge in [-0.1, -0.05) is 12.1 Å². The van der Waals surface area contributed by atoms with E-state index < -0.39 is 48.3 Å². The number of amides is 2. The molecular formula is C28H30FIN2O8. The highest BCUT2D eigenvalue weighted by Gasteiger charge is 2.38. The second-order valence-corrected chi connectivity index (χ2v) is 10.7. The second-order valence-electron chi connectivity index (χ2n) is 10.2. The van der Waals surface area contributed by atoms with Gasteiger partial charge >= 0.3 is 0 Å². The van der Waals surface area contributed by atoms with Crippen LogP contribution in [0.15, 0.2) is 54.3 Å². The first-order valence-electron chi connectivity index (χ1n) is 12.4. The first kappa shape index (κ1) is 30.1. The fourth-order valence-electron chi connectivity index (χ4n) is 4.75. The highest BCUT2D eigenvalue weighted by atomic mass is 127. The lowest BCUT2D eigenvalue weighted by molar-refractivity contribution is -0.111. The molecule has 0 aromatic heterocycles. The Labute approximate surface area is 244 Å².